The standard InChI is InChI=1S/C15H20N2O2S/c1-18-13-5-3-2-4-12(13)10-16-14-17-15(11-20-14)6-8-19-9-7-15/h2-5H,6-11H2,1H3,(H,16,17). The zero-order chi connectivity index (χ0) is 13.8. The highest BCUT2D eigenvalue weighted by atomic mass is 32.2. The average Bonchev–Trinajstić information content (AvgIpc) is 2.89. The number of hydrogen-bond donors (Lipinski definition) is 1. The molecule has 3 rings (SSSR count). The largest absolute Gasteiger partial charge is 0.496 e. The number of nitrogens with zero attached hydrogens (tertiary/aromatic N) is 1. The van der Waals surface area contributed by atoms with Crippen molar-refractivity contribution in [3.8, 4) is 5.75 Å². The third kappa shape index (κ3) is 2.94. The van der Waals surface area contributed by atoms with Gasteiger partial charge in [-0.3, -0.25) is 4.99 Å². The van der Waals surface area contributed by atoms with Crippen LogP contribution in [0.3, 0.4) is 0 Å². The highest BCUT2D eigenvalue weighted by Crippen LogP contribution is 2.32. The van der Waals surface area contributed by atoms with E-state index in [-0.39, 0.29) is 5.54 Å². The summed E-state index contributed by atoms with van der Waals surface area (Å²) in [5, 5.41) is 4.66. The van der Waals surface area contributed by atoms with Gasteiger partial charge in [-0.15, -0.1) is 0 Å². The SMILES string of the molecule is COc1ccccc1CN=C1NC2(CCOCC2)CS1. The molecular formula is C15H20N2O2S. The molecule has 0 aliphatic carbocycles. The van der Waals surface area contributed by atoms with E-state index in [9.17, 15) is 0 Å². The van der Waals surface area contributed by atoms with Gasteiger partial charge in [0.05, 0.1) is 19.2 Å². The van der Waals surface area contributed by atoms with Crippen molar-refractivity contribution in [1.29, 1.82) is 0 Å². The highest BCUT2D eigenvalue weighted by molar-refractivity contribution is 8.14. The topological polar surface area (TPSA) is 42.8 Å². The molecule has 108 valence electrons. The van der Waals surface area contributed by atoms with Crippen LogP contribution in [-0.2, 0) is 11.3 Å². The number of thioether (sulfide) groups is 1. The fourth-order valence-electron chi connectivity index (χ4n) is 2.61. The van der Waals surface area contributed by atoms with Gasteiger partial charge in [-0.1, -0.05) is 30.0 Å². The van der Waals surface area contributed by atoms with Crippen LogP contribution in [-0.4, -0.2) is 36.8 Å². The van der Waals surface area contributed by atoms with Gasteiger partial charge in [-0.25, -0.2) is 0 Å². The van der Waals surface area contributed by atoms with Crippen molar-refractivity contribution >= 4 is 16.9 Å². The Bertz CT molecular complexity index is 498. The minimum Gasteiger partial charge on any atom is -0.496 e. The molecule has 1 aromatic carbocycles. The summed E-state index contributed by atoms with van der Waals surface area (Å²) in [6.45, 7) is 2.37. The van der Waals surface area contributed by atoms with E-state index in [2.05, 4.69) is 11.4 Å². The number of nitrogens with one attached hydrogen (secondary N) is 1. The Kier molecular flexibility index (Phi) is 4.17. The van der Waals surface area contributed by atoms with E-state index in [1.807, 2.05) is 30.0 Å². The molecule has 0 bridgehead atoms. The molecule has 0 unspecified atom stereocenters. The molecule has 1 N–H and O–H groups in total. The molecule has 2 saturated heterocycles. The van der Waals surface area contributed by atoms with Crippen LogP contribution in [0, 0.1) is 0 Å². The number of amidine groups is 1. The predicted octanol–water partition coefficient (Wildman–Crippen LogP) is 2.44. The first-order chi connectivity index (χ1) is 9.81. The van der Waals surface area contributed by atoms with Gasteiger partial charge in [0.25, 0.3) is 0 Å². The Morgan fingerprint density at radius 1 is 1.35 bits per heavy atom. The molecule has 20 heavy (non-hydrogen) atoms. The van der Waals surface area contributed by atoms with Crippen LogP contribution in [0.2, 0.25) is 0 Å². The summed E-state index contributed by atoms with van der Waals surface area (Å²) < 4.78 is 10.8. The van der Waals surface area contributed by atoms with Crippen molar-refractivity contribution in [1.82, 2.24) is 5.32 Å². The summed E-state index contributed by atoms with van der Waals surface area (Å²) in [5.74, 6) is 2.00. The minimum atomic E-state index is 0.211. The maximum Gasteiger partial charge on any atom is 0.157 e. The molecule has 2 fully saturated rings. The Balaban J connectivity index is 1.65. The van der Waals surface area contributed by atoms with E-state index < -0.39 is 0 Å². The average molecular weight is 292 g/mol. The van der Waals surface area contributed by atoms with Crippen LogP contribution in [0.15, 0.2) is 29.3 Å². The van der Waals surface area contributed by atoms with Crippen LogP contribution < -0.4 is 10.1 Å². The van der Waals surface area contributed by atoms with E-state index in [0.29, 0.717) is 6.54 Å². The zero-order valence-corrected chi connectivity index (χ0v) is 12.5. The third-order valence-corrected chi connectivity index (χ3v) is 5.09. The lowest BCUT2D eigenvalue weighted by atomic mass is 9.93. The van der Waals surface area contributed by atoms with Gasteiger partial charge in [0.1, 0.15) is 5.75 Å². The Morgan fingerprint density at radius 3 is 2.95 bits per heavy atom. The first kappa shape index (κ1) is 13.8. The molecule has 1 aromatic rings. The van der Waals surface area contributed by atoms with E-state index in [1.54, 1.807) is 7.11 Å². The molecule has 5 heteroatoms. The molecule has 2 aliphatic rings. The number of methoxy groups -OCH3 is 1. The number of benzene rings is 1. The van der Waals surface area contributed by atoms with Gasteiger partial charge in [0.2, 0.25) is 0 Å². The fraction of sp³-hybridized carbons (Fsp3) is 0.533. The van der Waals surface area contributed by atoms with Crippen LogP contribution >= 0.6 is 11.8 Å². The lowest BCUT2D eigenvalue weighted by Gasteiger charge is -2.32. The first-order valence-corrected chi connectivity index (χ1v) is 7.95. The van der Waals surface area contributed by atoms with Crippen LogP contribution in [0.1, 0.15) is 18.4 Å². The molecule has 1 spiro atoms. The van der Waals surface area contributed by atoms with Gasteiger partial charge < -0.3 is 14.8 Å². The Morgan fingerprint density at radius 2 is 2.15 bits per heavy atom. The summed E-state index contributed by atoms with van der Waals surface area (Å²) in [5.41, 5.74) is 1.33. The van der Waals surface area contributed by atoms with Gasteiger partial charge in [0.15, 0.2) is 5.17 Å². The second-order valence-electron chi connectivity index (χ2n) is 5.24. The molecule has 2 aliphatic heterocycles. The van der Waals surface area contributed by atoms with E-state index in [0.717, 1.165) is 48.3 Å². The molecule has 0 radical (unpaired) electrons. The number of para-hydroxylation sites is 1. The summed E-state index contributed by atoms with van der Waals surface area (Å²) in [7, 11) is 1.70. The summed E-state index contributed by atoms with van der Waals surface area (Å²) in [6.07, 6.45) is 2.15. The molecule has 0 aromatic heterocycles. The third-order valence-electron chi connectivity index (χ3n) is 3.89. The normalized spacial score (nSPS) is 22.9. The monoisotopic (exact) mass is 292 g/mol. The van der Waals surface area contributed by atoms with Crippen molar-refractivity contribution < 1.29 is 9.47 Å². The van der Waals surface area contributed by atoms with Crippen molar-refractivity contribution in [2.75, 3.05) is 26.1 Å². The minimum absolute atomic E-state index is 0.211. The first-order valence-electron chi connectivity index (χ1n) is 6.96. The molecule has 2 heterocycles. The maximum atomic E-state index is 5.45. The van der Waals surface area contributed by atoms with E-state index in [1.165, 1.54) is 0 Å². The predicted molar refractivity (Wildman–Crippen MR) is 82.5 cm³/mol. The molecular weight excluding hydrogens is 272 g/mol. The molecule has 4 nitrogen and oxygen atoms in total. The quantitative estimate of drug-likeness (QED) is 0.929. The van der Waals surface area contributed by atoms with Crippen molar-refractivity contribution in [2.24, 2.45) is 4.99 Å². The second-order valence-corrected chi connectivity index (χ2v) is 6.20. The number of ether oxygens (including phenoxy) is 2. The molecule has 0 atom stereocenters. The van der Waals surface area contributed by atoms with Crippen LogP contribution in [0.25, 0.3) is 0 Å². The van der Waals surface area contributed by atoms with Crippen molar-refractivity contribution in [2.45, 2.75) is 24.9 Å². The van der Waals surface area contributed by atoms with Crippen molar-refractivity contribution in [3.63, 3.8) is 0 Å². The Labute approximate surface area is 123 Å². The zero-order valence-electron chi connectivity index (χ0n) is 11.7. The number of hydrogen-bond acceptors (Lipinski definition) is 4. The lowest BCUT2D eigenvalue weighted by molar-refractivity contribution is 0.0555. The maximum absolute atomic E-state index is 5.45. The smallest absolute Gasteiger partial charge is 0.157 e. The summed E-state index contributed by atoms with van der Waals surface area (Å²) in [6, 6.07) is 8.04. The second kappa shape index (κ2) is 6.06. The van der Waals surface area contributed by atoms with Gasteiger partial charge in [-0.05, 0) is 18.9 Å². The molecule has 0 amide bonds. The lowest BCUT2D eigenvalue weighted by Crippen LogP contribution is -2.48. The van der Waals surface area contributed by atoms with Gasteiger partial charge >= 0.3 is 0 Å². The number of aliphatic imine (C=N–C) groups is 1. The van der Waals surface area contributed by atoms with Gasteiger partial charge in [0, 0.05) is 24.5 Å². The fourth-order valence-corrected chi connectivity index (χ4v) is 3.83. The van der Waals surface area contributed by atoms with Crippen LogP contribution in [0.5, 0.6) is 5.75 Å². The summed E-state index contributed by atoms with van der Waals surface area (Å²) in [4.78, 5) is 4.70. The van der Waals surface area contributed by atoms with Crippen LogP contribution in [0.4, 0.5) is 0 Å². The van der Waals surface area contributed by atoms with E-state index in [4.69, 9.17) is 14.5 Å². The molecule has 0 saturated carbocycles. The van der Waals surface area contributed by atoms with Crippen molar-refractivity contribution in [3.05, 3.63) is 29.8 Å². The van der Waals surface area contributed by atoms with Gasteiger partial charge in [-0.2, -0.15) is 0 Å². The number of rotatable bonds is 3. The van der Waals surface area contributed by atoms with E-state index >= 15 is 0 Å². The summed E-state index contributed by atoms with van der Waals surface area (Å²) >= 11 is 1.82. The Hall–Kier alpha value is -1.20. The highest BCUT2D eigenvalue weighted by Gasteiger charge is 2.38.